The molecule has 2 N–H and O–H groups in total. The van der Waals surface area contributed by atoms with Crippen molar-refractivity contribution in [3.8, 4) is 5.88 Å². The van der Waals surface area contributed by atoms with Crippen LogP contribution in [0.4, 0.5) is 5.69 Å². The van der Waals surface area contributed by atoms with Crippen LogP contribution in [-0.2, 0) is 11.3 Å². The molecule has 2 saturated carbocycles. The predicted molar refractivity (Wildman–Crippen MR) is 134 cm³/mol. The number of ether oxygens (including phenoxy) is 1. The maximum absolute atomic E-state index is 13.6. The van der Waals surface area contributed by atoms with E-state index in [4.69, 9.17) is 4.74 Å². The summed E-state index contributed by atoms with van der Waals surface area (Å²) >= 11 is 0. The number of hydrogen-bond donors (Lipinski definition) is 2. The topological polar surface area (TPSA) is 116 Å². The van der Waals surface area contributed by atoms with E-state index >= 15 is 0 Å². The second-order valence-electron chi connectivity index (χ2n) is 10.0. The molecule has 2 aliphatic rings. The molecule has 0 aliphatic heterocycles. The molecule has 0 aromatic carbocycles. The third-order valence-corrected chi connectivity index (χ3v) is 6.96. The van der Waals surface area contributed by atoms with E-state index in [0.29, 0.717) is 35.6 Å². The molecule has 0 bridgehead atoms. The first-order chi connectivity index (χ1) is 17.4. The first-order valence-electron chi connectivity index (χ1n) is 12.6. The summed E-state index contributed by atoms with van der Waals surface area (Å²) in [4.78, 5) is 31.1. The molecule has 0 spiro atoms. The highest BCUT2D eigenvalue weighted by Gasteiger charge is 2.48. The van der Waals surface area contributed by atoms with Gasteiger partial charge in [0.2, 0.25) is 11.8 Å². The Hall–Kier alpha value is -3.69. The molecule has 1 unspecified atom stereocenters. The number of pyridine rings is 1. The van der Waals surface area contributed by atoms with E-state index in [1.807, 2.05) is 26.0 Å². The summed E-state index contributed by atoms with van der Waals surface area (Å²) < 4.78 is 8.74. The van der Waals surface area contributed by atoms with Crippen molar-refractivity contribution in [1.29, 1.82) is 0 Å². The van der Waals surface area contributed by atoms with Gasteiger partial charge in [0.1, 0.15) is 11.7 Å². The average Bonchev–Trinajstić information content (AvgIpc) is 3.79. The van der Waals surface area contributed by atoms with Gasteiger partial charge >= 0.3 is 0 Å². The van der Waals surface area contributed by atoms with Crippen LogP contribution >= 0.6 is 0 Å². The van der Waals surface area contributed by atoms with Gasteiger partial charge in [-0.2, -0.15) is 10.2 Å². The van der Waals surface area contributed by atoms with Gasteiger partial charge in [0, 0.05) is 30.2 Å². The minimum atomic E-state index is -0.616. The molecule has 0 saturated heterocycles. The van der Waals surface area contributed by atoms with E-state index in [-0.39, 0.29) is 23.8 Å². The molecular weight excluding hydrogens is 458 g/mol. The van der Waals surface area contributed by atoms with Crippen LogP contribution in [0.15, 0.2) is 43.0 Å². The smallest absolute Gasteiger partial charge is 0.270 e. The predicted octanol–water partition coefficient (Wildman–Crippen LogP) is 3.29. The van der Waals surface area contributed by atoms with Crippen molar-refractivity contribution >= 4 is 17.5 Å². The lowest BCUT2D eigenvalue weighted by Crippen LogP contribution is -2.50. The minimum Gasteiger partial charge on any atom is -0.481 e. The fourth-order valence-corrected chi connectivity index (χ4v) is 4.99. The lowest BCUT2D eigenvalue weighted by atomic mass is 9.88. The van der Waals surface area contributed by atoms with E-state index in [9.17, 15) is 9.59 Å². The molecule has 3 heterocycles. The van der Waals surface area contributed by atoms with E-state index in [1.165, 1.54) is 0 Å². The monoisotopic (exact) mass is 491 g/mol. The van der Waals surface area contributed by atoms with Crippen molar-refractivity contribution in [3.63, 3.8) is 0 Å². The van der Waals surface area contributed by atoms with Gasteiger partial charge in [0.15, 0.2) is 0 Å². The summed E-state index contributed by atoms with van der Waals surface area (Å²) in [7, 11) is 1.58. The fraction of sp³-hybridized carbons (Fsp3) is 0.500. The van der Waals surface area contributed by atoms with Crippen LogP contribution in [0.1, 0.15) is 61.6 Å². The van der Waals surface area contributed by atoms with Gasteiger partial charge in [-0.15, -0.1) is 0 Å². The van der Waals surface area contributed by atoms with Crippen molar-refractivity contribution in [3.05, 3.63) is 54.2 Å². The van der Waals surface area contributed by atoms with Crippen LogP contribution in [-0.4, -0.2) is 49.5 Å². The molecule has 190 valence electrons. The molecule has 0 radical (unpaired) electrons. The molecule has 10 heteroatoms. The standard InChI is InChI=1S/C26H33N7O3/c1-16(2)33-21(10-12-28-33)24(34)31-23(22(17-6-7-17)18-8-9-18)25(35)30-20-13-29-32(15-20)14-19-5-4-11-27-26(19)36-3/h4-5,10-13,15-18,22-23H,6-9,14H2,1-3H3,(H,30,35)(H,31,34). The third kappa shape index (κ3) is 5.27. The van der Waals surface area contributed by atoms with Crippen LogP contribution in [0.3, 0.4) is 0 Å². The number of rotatable bonds is 11. The molecule has 10 nitrogen and oxygen atoms in total. The summed E-state index contributed by atoms with van der Waals surface area (Å²) in [6.07, 6.45) is 11.1. The Labute approximate surface area is 210 Å². The number of aromatic nitrogens is 5. The fourth-order valence-electron chi connectivity index (χ4n) is 4.99. The van der Waals surface area contributed by atoms with Gasteiger partial charge in [-0.3, -0.25) is 19.0 Å². The zero-order valence-corrected chi connectivity index (χ0v) is 20.9. The van der Waals surface area contributed by atoms with Gasteiger partial charge in [0.25, 0.3) is 5.91 Å². The number of anilines is 1. The molecule has 2 fully saturated rings. The number of nitrogens with zero attached hydrogens (tertiary/aromatic N) is 5. The molecule has 3 aromatic heterocycles. The van der Waals surface area contributed by atoms with Crippen LogP contribution in [0.5, 0.6) is 5.88 Å². The van der Waals surface area contributed by atoms with Gasteiger partial charge < -0.3 is 15.4 Å². The zero-order chi connectivity index (χ0) is 25.2. The Bertz CT molecular complexity index is 1210. The maximum Gasteiger partial charge on any atom is 0.270 e. The zero-order valence-electron chi connectivity index (χ0n) is 20.9. The summed E-state index contributed by atoms with van der Waals surface area (Å²) in [6, 6.07) is 4.90. The number of methoxy groups -OCH3 is 1. The summed E-state index contributed by atoms with van der Waals surface area (Å²) in [5.74, 6) is 1.15. The van der Waals surface area contributed by atoms with Crippen LogP contribution < -0.4 is 15.4 Å². The van der Waals surface area contributed by atoms with Crippen LogP contribution in [0.25, 0.3) is 0 Å². The molecule has 36 heavy (non-hydrogen) atoms. The SMILES string of the molecule is COc1ncccc1Cn1cc(NC(=O)C(NC(=O)c2ccnn2C(C)C)C(C2CC2)C2CC2)cn1. The Morgan fingerprint density at radius 1 is 1.11 bits per heavy atom. The summed E-state index contributed by atoms with van der Waals surface area (Å²) in [5.41, 5.74) is 1.93. The quantitative estimate of drug-likeness (QED) is 0.425. The molecular formula is C26H33N7O3. The Balaban J connectivity index is 1.32. The lowest BCUT2D eigenvalue weighted by molar-refractivity contribution is -0.119. The van der Waals surface area contributed by atoms with Gasteiger partial charge in [-0.1, -0.05) is 6.07 Å². The number of carbonyl (C=O) groups excluding carboxylic acids is 2. The number of carbonyl (C=O) groups is 2. The third-order valence-electron chi connectivity index (χ3n) is 6.96. The van der Waals surface area contributed by atoms with Gasteiger partial charge in [-0.25, -0.2) is 4.98 Å². The van der Waals surface area contributed by atoms with E-state index in [0.717, 1.165) is 31.2 Å². The second kappa shape index (κ2) is 10.1. The highest BCUT2D eigenvalue weighted by atomic mass is 16.5. The first kappa shape index (κ1) is 24.0. The van der Waals surface area contributed by atoms with Crippen molar-refractivity contribution in [1.82, 2.24) is 29.9 Å². The molecule has 1 atom stereocenters. The number of nitrogens with one attached hydrogen (secondary N) is 2. The molecule has 3 aromatic rings. The highest BCUT2D eigenvalue weighted by Crippen LogP contribution is 2.50. The average molecular weight is 492 g/mol. The highest BCUT2D eigenvalue weighted by molar-refractivity contribution is 6.00. The number of amides is 2. The van der Waals surface area contributed by atoms with Crippen LogP contribution in [0, 0.1) is 17.8 Å². The van der Waals surface area contributed by atoms with Crippen molar-refractivity contribution in [2.24, 2.45) is 17.8 Å². The van der Waals surface area contributed by atoms with Crippen LogP contribution in [0.2, 0.25) is 0 Å². The Morgan fingerprint density at radius 3 is 2.53 bits per heavy atom. The van der Waals surface area contributed by atoms with Crippen molar-refractivity contribution in [2.45, 2.75) is 58.2 Å². The van der Waals surface area contributed by atoms with E-state index < -0.39 is 6.04 Å². The maximum atomic E-state index is 13.6. The summed E-state index contributed by atoms with van der Waals surface area (Å²) in [6.45, 7) is 4.41. The second-order valence-corrected chi connectivity index (χ2v) is 10.0. The Kier molecular flexibility index (Phi) is 6.75. The Morgan fingerprint density at radius 2 is 1.86 bits per heavy atom. The molecule has 2 aliphatic carbocycles. The first-order valence-corrected chi connectivity index (χ1v) is 12.6. The lowest BCUT2D eigenvalue weighted by Gasteiger charge is -2.27. The summed E-state index contributed by atoms with van der Waals surface area (Å²) in [5, 5.41) is 14.7. The molecule has 5 rings (SSSR count). The largest absolute Gasteiger partial charge is 0.481 e. The minimum absolute atomic E-state index is 0.0416. The van der Waals surface area contributed by atoms with E-state index in [2.05, 4.69) is 25.8 Å². The normalized spacial score (nSPS) is 16.2. The molecule has 2 amide bonds. The van der Waals surface area contributed by atoms with Gasteiger partial charge in [-0.05, 0) is 69.4 Å². The van der Waals surface area contributed by atoms with Crippen molar-refractivity contribution < 1.29 is 14.3 Å². The van der Waals surface area contributed by atoms with E-state index in [1.54, 1.807) is 47.3 Å². The van der Waals surface area contributed by atoms with Crippen molar-refractivity contribution in [2.75, 3.05) is 12.4 Å². The van der Waals surface area contributed by atoms with Gasteiger partial charge in [0.05, 0.1) is 25.5 Å². The number of hydrogen-bond acceptors (Lipinski definition) is 6.